The molecule has 8 heteroatoms. The molecule has 1 amide bonds. The van der Waals surface area contributed by atoms with Crippen molar-refractivity contribution in [2.24, 2.45) is 0 Å². The number of carbonyl (C=O) groups excluding carboxylic acids is 1. The smallest absolute Gasteiger partial charge is 0.243 e. The summed E-state index contributed by atoms with van der Waals surface area (Å²) in [6, 6.07) is 12.1. The van der Waals surface area contributed by atoms with Crippen molar-refractivity contribution < 1.29 is 17.9 Å². The summed E-state index contributed by atoms with van der Waals surface area (Å²) in [6.45, 7) is 4.39. The van der Waals surface area contributed by atoms with Gasteiger partial charge in [-0.1, -0.05) is 28.1 Å². The molecule has 0 radical (unpaired) electrons. The molecule has 0 saturated carbocycles. The van der Waals surface area contributed by atoms with E-state index >= 15 is 0 Å². The molecule has 2 aromatic carbocycles. The number of ether oxygens (including phenoxy) is 1. The third kappa shape index (κ3) is 5.45. The van der Waals surface area contributed by atoms with Crippen molar-refractivity contribution >= 4 is 37.5 Å². The summed E-state index contributed by atoms with van der Waals surface area (Å²) in [5.41, 5.74) is 2.71. The van der Waals surface area contributed by atoms with Gasteiger partial charge in [-0.05, 0) is 68.1 Å². The number of benzene rings is 2. The topological polar surface area (TPSA) is 75.7 Å². The Bertz CT molecular complexity index is 971. The quantitative estimate of drug-likeness (QED) is 0.652. The van der Waals surface area contributed by atoms with Crippen LogP contribution in [0.2, 0.25) is 0 Å². The number of sulfonamides is 1. The maximum atomic E-state index is 13.2. The van der Waals surface area contributed by atoms with E-state index in [1.165, 1.54) is 16.4 Å². The number of amides is 1. The van der Waals surface area contributed by atoms with E-state index < -0.39 is 10.0 Å². The predicted molar refractivity (Wildman–Crippen MR) is 116 cm³/mol. The Morgan fingerprint density at radius 3 is 2.59 bits per heavy atom. The minimum Gasteiger partial charge on any atom is -0.377 e. The Kier molecular flexibility index (Phi) is 7.10. The van der Waals surface area contributed by atoms with Gasteiger partial charge >= 0.3 is 0 Å². The normalized spacial score (nSPS) is 16.9. The van der Waals surface area contributed by atoms with Crippen LogP contribution in [0.25, 0.3) is 0 Å². The maximum absolute atomic E-state index is 13.2. The van der Waals surface area contributed by atoms with Gasteiger partial charge in [0.15, 0.2) is 0 Å². The molecule has 6 nitrogen and oxygen atoms in total. The summed E-state index contributed by atoms with van der Waals surface area (Å²) in [5, 5.41) is 2.85. The van der Waals surface area contributed by atoms with Crippen molar-refractivity contribution in [1.29, 1.82) is 0 Å². The van der Waals surface area contributed by atoms with Crippen molar-refractivity contribution in [3.05, 3.63) is 58.1 Å². The first-order chi connectivity index (χ1) is 13.8. The van der Waals surface area contributed by atoms with Gasteiger partial charge in [0.05, 0.1) is 17.5 Å². The second kappa shape index (κ2) is 9.38. The highest BCUT2D eigenvalue weighted by Gasteiger charge is 2.30. The van der Waals surface area contributed by atoms with E-state index in [-0.39, 0.29) is 30.0 Å². The fourth-order valence-electron chi connectivity index (χ4n) is 3.26. The summed E-state index contributed by atoms with van der Waals surface area (Å²) >= 11 is 3.32. The van der Waals surface area contributed by atoms with E-state index in [1.54, 1.807) is 12.1 Å². The second-order valence-corrected chi connectivity index (χ2v) is 10.0. The lowest BCUT2D eigenvalue weighted by Crippen LogP contribution is -2.42. The van der Waals surface area contributed by atoms with E-state index in [0.717, 1.165) is 28.4 Å². The van der Waals surface area contributed by atoms with Gasteiger partial charge in [-0.2, -0.15) is 4.31 Å². The molecule has 1 fully saturated rings. The Balaban J connectivity index is 1.82. The monoisotopic (exact) mass is 480 g/mol. The number of anilines is 1. The molecule has 2 aromatic rings. The number of aryl methyl sites for hydroxylation is 1. The second-order valence-electron chi connectivity index (χ2n) is 7.18. The number of carbonyl (C=O) groups is 1. The first-order valence-electron chi connectivity index (χ1n) is 9.51. The standard InChI is InChI=1S/C21H25BrN2O4S/c1-15-5-3-7-20(16(15)2)23-21(25)14-24(13-18-6-4-12-28-18)29(26,27)19-10-8-17(22)9-11-19/h3,5,7-11,18H,4,6,12-14H2,1-2H3,(H,23,25). The lowest BCUT2D eigenvalue weighted by Gasteiger charge is -2.24. The Hall–Kier alpha value is -1.74. The Morgan fingerprint density at radius 1 is 1.21 bits per heavy atom. The largest absolute Gasteiger partial charge is 0.377 e. The van der Waals surface area contributed by atoms with Gasteiger partial charge in [0.1, 0.15) is 0 Å². The molecule has 0 spiro atoms. The van der Waals surface area contributed by atoms with E-state index in [1.807, 2.05) is 32.0 Å². The summed E-state index contributed by atoms with van der Waals surface area (Å²) in [5.74, 6) is -0.377. The van der Waals surface area contributed by atoms with Crippen LogP contribution in [-0.2, 0) is 19.6 Å². The van der Waals surface area contributed by atoms with Crippen LogP contribution in [0.3, 0.4) is 0 Å². The van der Waals surface area contributed by atoms with Crippen LogP contribution < -0.4 is 5.32 Å². The molecule has 1 heterocycles. The molecular weight excluding hydrogens is 456 g/mol. The third-order valence-corrected chi connectivity index (χ3v) is 7.44. The molecule has 1 saturated heterocycles. The number of halogens is 1. The van der Waals surface area contributed by atoms with Crippen molar-refractivity contribution in [2.75, 3.05) is 25.0 Å². The number of hydrogen-bond acceptors (Lipinski definition) is 4. The van der Waals surface area contributed by atoms with E-state index in [4.69, 9.17) is 4.74 Å². The van der Waals surface area contributed by atoms with Crippen LogP contribution in [0.5, 0.6) is 0 Å². The number of rotatable bonds is 7. The van der Waals surface area contributed by atoms with Gasteiger partial charge in [-0.25, -0.2) is 8.42 Å². The average molecular weight is 481 g/mol. The van der Waals surface area contributed by atoms with Crippen molar-refractivity contribution in [3.8, 4) is 0 Å². The zero-order valence-electron chi connectivity index (χ0n) is 16.5. The fraction of sp³-hybridized carbons (Fsp3) is 0.381. The molecule has 1 unspecified atom stereocenters. The molecule has 1 aliphatic heterocycles. The van der Waals surface area contributed by atoms with Crippen LogP contribution in [0.4, 0.5) is 5.69 Å². The van der Waals surface area contributed by atoms with E-state index in [0.29, 0.717) is 12.3 Å². The summed E-state index contributed by atoms with van der Waals surface area (Å²) in [7, 11) is -3.84. The van der Waals surface area contributed by atoms with Crippen LogP contribution in [-0.4, -0.2) is 44.4 Å². The van der Waals surface area contributed by atoms with Gasteiger partial charge in [0.25, 0.3) is 0 Å². The first kappa shape index (κ1) is 22.0. The maximum Gasteiger partial charge on any atom is 0.243 e. The number of hydrogen-bond donors (Lipinski definition) is 1. The molecule has 1 N–H and O–H groups in total. The lowest BCUT2D eigenvalue weighted by atomic mass is 10.1. The molecule has 29 heavy (non-hydrogen) atoms. The van der Waals surface area contributed by atoms with Crippen molar-refractivity contribution in [3.63, 3.8) is 0 Å². The minimum absolute atomic E-state index is 0.151. The third-order valence-electron chi connectivity index (χ3n) is 5.08. The van der Waals surface area contributed by atoms with Gasteiger partial charge in [-0.15, -0.1) is 0 Å². The average Bonchev–Trinajstić information content (AvgIpc) is 3.18. The molecule has 0 aliphatic carbocycles. The molecule has 1 atom stereocenters. The zero-order chi connectivity index (χ0) is 21.0. The Morgan fingerprint density at radius 2 is 1.93 bits per heavy atom. The van der Waals surface area contributed by atoms with Gasteiger partial charge in [-0.3, -0.25) is 4.79 Å². The lowest BCUT2D eigenvalue weighted by molar-refractivity contribution is -0.116. The van der Waals surface area contributed by atoms with Crippen LogP contribution in [0.1, 0.15) is 24.0 Å². The molecular formula is C21H25BrN2O4S. The summed E-state index contributed by atoms with van der Waals surface area (Å²) in [4.78, 5) is 12.9. The van der Waals surface area contributed by atoms with Gasteiger partial charge in [0.2, 0.25) is 15.9 Å². The predicted octanol–water partition coefficient (Wildman–Crippen LogP) is 3.87. The zero-order valence-corrected chi connectivity index (χ0v) is 18.9. The molecule has 0 aromatic heterocycles. The van der Waals surface area contributed by atoms with E-state index in [9.17, 15) is 13.2 Å². The van der Waals surface area contributed by atoms with E-state index in [2.05, 4.69) is 21.2 Å². The highest BCUT2D eigenvalue weighted by Crippen LogP contribution is 2.23. The van der Waals surface area contributed by atoms with Gasteiger partial charge in [0, 0.05) is 23.3 Å². The van der Waals surface area contributed by atoms with Crippen molar-refractivity contribution in [1.82, 2.24) is 4.31 Å². The Labute approximate surface area is 180 Å². The van der Waals surface area contributed by atoms with Crippen LogP contribution >= 0.6 is 15.9 Å². The number of nitrogens with zero attached hydrogens (tertiary/aromatic N) is 1. The van der Waals surface area contributed by atoms with Crippen molar-refractivity contribution in [2.45, 2.75) is 37.7 Å². The molecule has 0 bridgehead atoms. The fourth-order valence-corrected chi connectivity index (χ4v) is 4.95. The molecule has 1 aliphatic rings. The summed E-state index contributed by atoms with van der Waals surface area (Å²) < 4.78 is 34.1. The van der Waals surface area contributed by atoms with Crippen LogP contribution in [0, 0.1) is 13.8 Å². The highest BCUT2D eigenvalue weighted by atomic mass is 79.9. The highest BCUT2D eigenvalue weighted by molar-refractivity contribution is 9.10. The minimum atomic E-state index is -3.84. The molecule has 156 valence electrons. The summed E-state index contributed by atoms with van der Waals surface area (Å²) in [6.07, 6.45) is 1.48. The number of nitrogens with one attached hydrogen (secondary N) is 1. The SMILES string of the molecule is Cc1cccc(NC(=O)CN(CC2CCCO2)S(=O)(=O)c2ccc(Br)cc2)c1C. The van der Waals surface area contributed by atoms with Gasteiger partial charge < -0.3 is 10.1 Å². The molecule has 3 rings (SSSR count). The van der Waals surface area contributed by atoms with Crippen LogP contribution in [0.15, 0.2) is 51.8 Å². The first-order valence-corrected chi connectivity index (χ1v) is 11.7.